The number of amides is 1. The molecule has 0 saturated carbocycles. The molecule has 2 aromatic carbocycles. The Hall–Kier alpha value is -3.18. The molecule has 4 nitrogen and oxygen atoms in total. The SMILES string of the molecule is O=C(COC(=O)/C=C/c1ccsc1)Nc1ccccc1Cc1ccccc1. The highest BCUT2D eigenvalue weighted by Crippen LogP contribution is 2.19. The fraction of sp³-hybridized carbons (Fsp3) is 0.0909. The van der Waals surface area contributed by atoms with Gasteiger partial charge in [0.05, 0.1) is 0 Å². The van der Waals surface area contributed by atoms with Crippen LogP contribution in [-0.2, 0) is 20.7 Å². The quantitative estimate of drug-likeness (QED) is 0.486. The zero-order valence-electron chi connectivity index (χ0n) is 14.6. The molecule has 1 heterocycles. The van der Waals surface area contributed by atoms with Gasteiger partial charge in [-0.1, -0.05) is 48.5 Å². The lowest BCUT2D eigenvalue weighted by Gasteiger charge is -2.11. The number of hydrogen-bond acceptors (Lipinski definition) is 4. The number of ether oxygens (including phenoxy) is 1. The second-order valence-electron chi connectivity index (χ2n) is 5.87. The molecule has 0 saturated heterocycles. The first-order valence-electron chi connectivity index (χ1n) is 8.49. The van der Waals surface area contributed by atoms with Crippen molar-refractivity contribution in [2.75, 3.05) is 11.9 Å². The van der Waals surface area contributed by atoms with E-state index in [4.69, 9.17) is 4.74 Å². The van der Waals surface area contributed by atoms with Crippen molar-refractivity contribution < 1.29 is 14.3 Å². The maximum atomic E-state index is 12.1. The second kappa shape index (κ2) is 9.50. The van der Waals surface area contributed by atoms with E-state index in [0.29, 0.717) is 6.42 Å². The third-order valence-corrected chi connectivity index (χ3v) is 4.53. The van der Waals surface area contributed by atoms with Gasteiger partial charge in [0.15, 0.2) is 6.61 Å². The molecule has 0 aliphatic carbocycles. The van der Waals surface area contributed by atoms with Gasteiger partial charge >= 0.3 is 5.97 Å². The summed E-state index contributed by atoms with van der Waals surface area (Å²) in [7, 11) is 0. The molecule has 0 unspecified atom stereocenters. The zero-order chi connectivity index (χ0) is 18.9. The van der Waals surface area contributed by atoms with Crippen LogP contribution < -0.4 is 5.32 Å². The van der Waals surface area contributed by atoms with Crippen LogP contribution in [0.3, 0.4) is 0 Å². The number of hydrogen-bond donors (Lipinski definition) is 1. The van der Waals surface area contributed by atoms with Gasteiger partial charge in [-0.2, -0.15) is 11.3 Å². The number of esters is 1. The summed E-state index contributed by atoms with van der Waals surface area (Å²) in [5.41, 5.74) is 3.80. The first-order valence-corrected chi connectivity index (χ1v) is 9.44. The highest BCUT2D eigenvalue weighted by molar-refractivity contribution is 7.08. The molecule has 1 N–H and O–H groups in total. The highest BCUT2D eigenvalue weighted by Gasteiger charge is 2.09. The molecule has 0 aliphatic heterocycles. The Bertz CT molecular complexity index is 918. The summed E-state index contributed by atoms with van der Waals surface area (Å²) in [5, 5.41) is 6.66. The van der Waals surface area contributed by atoms with Crippen LogP contribution in [0.15, 0.2) is 77.5 Å². The van der Waals surface area contributed by atoms with Crippen molar-refractivity contribution >= 4 is 35.0 Å². The van der Waals surface area contributed by atoms with Gasteiger partial charge in [-0.3, -0.25) is 4.79 Å². The largest absolute Gasteiger partial charge is 0.452 e. The van der Waals surface area contributed by atoms with Gasteiger partial charge in [-0.05, 0) is 52.1 Å². The van der Waals surface area contributed by atoms with Crippen molar-refractivity contribution in [1.29, 1.82) is 0 Å². The van der Waals surface area contributed by atoms with Crippen LogP contribution in [0.4, 0.5) is 5.69 Å². The molecule has 0 fully saturated rings. The smallest absolute Gasteiger partial charge is 0.331 e. The molecule has 3 aromatic rings. The number of carbonyl (C=O) groups excluding carboxylic acids is 2. The van der Waals surface area contributed by atoms with Gasteiger partial charge in [0, 0.05) is 11.8 Å². The molecule has 27 heavy (non-hydrogen) atoms. The zero-order valence-corrected chi connectivity index (χ0v) is 15.4. The third kappa shape index (κ3) is 5.94. The summed E-state index contributed by atoms with van der Waals surface area (Å²) < 4.78 is 5.00. The van der Waals surface area contributed by atoms with Crippen LogP contribution in [0.5, 0.6) is 0 Å². The van der Waals surface area contributed by atoms with E-state index in [-0.39, 0.29) is 12.5 Å². The van der Waals surface area contributed by atoms with Gasteiger partial charge in [0.2, 0.25) is 0 Å². The molecule has 1 aromatic heterocycles. The number of carbonyl (C=O) groups is 2. The van der Waals surface area contributed by atoms with E-state index >= 15 is 0 Å². The average Bonchev–Trinajstić information content (AvgIpc) is 3.21. The maximum Gasteiger partial charge on any atom is 0.331 e. The van der Waals surface area contributed by atoms with E-state index in [2.05, 4.69) is 5.32 Å². The summed E-state index contributed by atoms with van der Waals surface area (Å²) in [4.78, 5) is 23.9. The fourth-order valence-electron chi connectivity index (χ4n) is 2.52. The maximum absolute atomic E-state index is 12.1. The Balaban J connectivity index is 1.54. The van der Waals surface area contributed by atoms with Crippen LogP contribution in [0.25, 0.3) is 6.08 Å². The predicted molar refractivity (Wildman–Crippen MR) is 109 cm³/mol. The topological polar surface area (TPSA) is 55.4 Å². The minimum absolute atomic E-state index is 0.327. The first-order chi connectivity index (χ1) is 13.2. The molecule has 0 spiro atoms. The Morgan fingerprint density at radius 2 is 1.78 bits per heavy atom. The molecule has 1 amide bonds. The Labute approximate surface area is 162 Å². The van der Waals surface area contributed by atoms with Crippen molar-refractivity contribution in [3.63, 3.8) is 0 Å². The van der Waals surface area contributed by atoms with E-state index < -0.39 is 5.97 Å². The lowest BCUT2D eigenvalue weighted by Crippen LogP contribution is -2.20. The second-order valence-corrected chi connectivity index (χ2v) is 6.65. The van der Waals surface area contributed by atoms with Gasteiger partial charge < -0.3 is 10.1 Å². The number of nitrogens with one attached hydrogen (secondary N) is 1. The number of benzene rings is 2. The minimum atomic E-state index is -0.547. The molecular formula is C22H19NO3S. The summed E-state index contributed by atoms with van der Waals surface area (Å²) >= 11 is 1.55. The summed E-state index contributed by atoms with van der Waals surface area (Å²) in [6.07, 6.45) is 3.69. The normalized spacial score (nSPS) is 10.7. The monoisotopic (exact) mass is 377 g/mol. The summed E-state index contributed by atoms with van der Waals surface area (Å²) in [6, 6.07) is 19.5. The summed E-state index contributed by atoms with van der Waals surface area (Å²) in [5.74, 6) is -0.915. The van der Waals surface area contributed by atoms with Crippen molar-refractivity contribution in [3.05, 3.63) is 94.2 Å². The molecule has 136 valence electrons. The Morgan fingerprint density at radius 1 is 1.00 bits per heavy atom. The van der Waals surface area contributed by atoms with E-state index in [0.717, 1.165) is 22.4 Å². The minimum Gasteiger partial charge on any atom is -0.452 e. The number of rotatable bonds is 7. The standard InChI is InChI=1S/C22H19NO3S/c24-21(15-26-22(25)11-10-18-12-13-27-16-18)23-20-9-5-4-8-19(20)14-17-6-2-1-3-7-17/h1-13,16H,14-15H2,(H,23,24)/b11-10+. The molecule has 0 bridgehead atoms. The van der Waals surface area contributed by atoms with Crippen molar-refractivity contribution in [1.82, 2.24) is 0 Å². The van der Waals surface area contributed by atoms with Crippen LogP contribution >= 0.6 is 11.3 Å². The summed E-state index contributed by atoms with van der Waals surface area (Å²) in [6.45, 7) is -0.327. The number of anilines is 1. The Morgan fingerprint density at radius 3 is 2.56 bits per heavy atom. The Kier molecular flexibility index (Phi) is 6.55. The fourth-order valence-corrected chi connectivity index (χ4v) is 3.15. The van der Waals surface area contributed by atoms with Gasteiger partial charge in [-0.25, -0.2) is 4.79 Å². The molecule has 0 aliphatic rings. The molecule has 3 rings (SSSR count). The van der Waals surface area contributed by atoms with Gasteiger partial charge in [-0.15, -0.1) is 0 Å². The first kappa shape index (κ1) is 18.6. The van der Waals surface area contributed by atoms with Crippen LogP contribution in [0.1, 0.15) is 16.7 Å². The highest BCUT2D eigenvalue weighted by atomic mass is 32.1. The lowest BCUT2D eigenvalue weighted by molar-refractivity contribution is -0.142. The van der Waals surface area contributed by atoms with Gasteiger partial charge in [0.25, 0.3) is 5.91 Å². The number of thiophene rings is 1. The van der Waals surface area contributed by atoms with E-state index in [1.165, 1.54) is 6.08 Å². The molecule has 5 heteroatoms. The third-order valence-electron chi connectivity index (χ3n) is 3.83. The van der Waals surface area contributed by atoms with Crippen LogP contribution in [0.2, 0.25) is 0 Å². The van der Waals surface area contributed by atoms with E-state index in [9.17, 15) is 9.59 Å². The molecular weight excluding hydrogens is 358 g/mol. The number of para-hydroxylation sites is 1. The lowest BCUT2D eigenvalue weighted by atomic mass is 10.0. The van der Waals surface area contributed by atoms with Crippen molar-refractivity contribution in [2.24, 2.45) is 0 Å². The van der Waals surface area contributed by atoms with Gasteiger partial charge in [0.1, 0.15) is 0 Å². The van der Waals surface area contributed by atoms with E-state index in [1.54, 1.807) is 17.4 Å². The van der Waals surface area contributed by atoms with Crippen molar-refractivity contribution in [3.8, 4) is 0 Å². The predicted octanol–water partition coefficient (Wildman–Crippen LogP) is 4.53. The van der Waals surface area contributed by atoms with Crippen LogP contribution in [-0.4, -0.2) is 18.5 Å². The van der Waals surface area contributed by atoms with E-state index in [1.807, 2.05) is 71.4 Å². The van der Waals surface area contributed by atoms with Crippen LogP contribution in [0, 0.1) is 0 Å². The van der Waals surface area contributed by atoms with Crippen molar-refractivity contribution in [2.45, 2.75) is 6.42 Å². The molecule has 0 radical (unpaired) electrons. The average molecular weight is 377 g/mol. The molecule has 0 atom stereocenters.